The summed E-state index contributed by atoms with van der Waals surface area (Å²) in [5, 5.41) is 9.68. The number of nitrogens with one attached hydrogen (secondary N) is 1. The Balaban J connectivity index is 1.29. The van der Waals surface area contributed by atoms with Gasteiger partial charge in [-0.25, -0.2) is 0 Å². The number of H-pyrrole nitrogens is 1. The molecule has 0 radical (unpaired) electrons. The monoisotopic (exact) mass is 356 g/mol. The van der Waals surface area contributed by atoms with Crippen LogP contribution in [0.4, 0.5) is 0 Å². The van der Waals surface area contributed by atoms with Crippen molar-refractivity contribution in [2.45, 2.75) is 13.0 Å². The minimum Gasteiger partial charge on any atom is -0.419 e. The van der Waals surface area contributed by atoms with Crippen molar-refractivity contribution in [3.05, 3.63) is 78.3 Å². The van der Waals surface area contributed by atoms with E-state index < -0.39 is 0 Å². The molecule has 0 saturated heterocycles. The molecule has 1 aliphatic heterocycles. The zero-order valence-electron chi connectivity index (χ0n) is 14.9. The van der Waals surface area contributed by atoms with Gasteiger partial charge in [0.05, 0.1) is 6.54 Å². The van der Waals surface area contributed by atoms with Gasteiger partial charge in [0, 0.05) is 41.3 Å². The van der Waals surface area contributed by atoms with Crippen LogP contribution in [0.15, 0.2) is 71.3 Å². The Morgan fingerprint density at radius 2 is 1.85 bits per heavy atom. The molecule has 1 aliphatic rings. The Labute approximate surface area is 157 Å². The molecule has 3 heterocycles. The van der Waals surface area contributed by atoms with Crippen LogP contribution in [0.5, 0.6) is 0 Å². The molecular weight excluding hydrogens is 336 g/mol. The summed E-state index contributed by atoms with van der Waals surface area (Å²) in [6.07, 6.45) is 5.45. The van der Waals surface area contributed by atoms with Crippen LogP contribution in [0.3, 0.4) is 0 Å². The van der Waals surface area contributed by atoms with Gasteiger partial charge in [-0.3, -0.25) is 4.90 Å². The molecule has 0 atom stereocenters. The Kier molecular flexibility index (Phi) is 4.07. The average Bonchev–Trinajstić information content (AvgIpc) is 3.37. The maximum Gasteiger partial charge on any atom is 0.247 e. The molecule has 5 rings (SSSR count). The number of para-hydroxylation sites is 1. The van der Waals surface area contributed by atoms with E-state index in [9.17, 15) is 0 Å². The van der Waals surface area contributed by atoms with Crippen LogP contribution in [-0.2, 0) is 6.54 Å². The van der Waals surface area contributed by atoms with Crippen LogP contribution >= 0.6 is 0 Å². The van der Waals surface area contributed by atoms with E-state index in [2.05, 4.69) is 56.6 Å². The third kappa shape index (κ3) is 3.17. The molecule has 0 spiro atoms. The molecule has 134 valence electrons. The van der Waals surface area contributed by atoms with Gasteiger partial charge in [0.1, 0.15) is 0 Å². The van der Waals surface area contributed by atoms with Gasteiger partial charge >= 0.3 is 0 Å². The van der Waals surface area contributed by atoms with Gasteiger partial charge in [-0.15, -0.1) is 10.2 Å². The zero-order chi connectivity index (χ0) is 18.1. The molecule has 0 amide bonds. The Bertz CT molecular complexity index is 1090. The van der Waals surface area contributed by atoms with Gasteiger partial charge in [0.15, 0.2) is 0 Å². The van der Waals surface area contributed by atoms with E-state index in [1.165, 1.54) is 22.0 Å². The van der Waals surface area contributed by atoms with Crippen molar-refractivity contribution in [1.29, 1.82) is 0 Å². The van der Waals surface area contributed by atoms with Gasteiger partial charge in [-0.2, -0.15) is 0 Å². The summed E-state index contributed by atoms with van der Waals surface area (Å²) < 4.78 is 5.84. The lowest BCUT2D eigenvalue weighted by molar-refractivity contribution is 0.263. The first-order chi connectivity index (χ1) is 13.4. The van der Waals surface area contributed by atoms with Gasteiger partial charge in [-0.1, -0.05) is 42.5 Å². The van der Waals surface area contributed by atoms with Gasteiger partial charge in [0.2, 0.25) is 11.8 Å². The Hall–Kier alpha value is -3.18. The predicted molar refractivity (Wildman–Crippen MR) is 106 cm³/mol. The smallest absolute Gasteiger partial charge is 0.247 e. The molecule has 0 saturated carbocycles. The summed E-state index contributed by atoms with van der Waals surface area (Å²) in [5.41, 5.74) is 4.86. The minimum atomic E-state index is 0.581. The number of hydrogen-bond donors (Lipinski definition) is 1. The summed E-state index contributed by atoms with van der Waals surface area (Å²) >= 11 is 0. The molecule has 2 aromatic carbocycles. The van der Waals surface area contributed by atoms with Crippen molar-refractivity contribution < 1.29 is 4.42 Å². The molecule has 27 heavy (non-hydrogen) atoms. The van der Waals surface area contributed by atoms with Crippen molar-refractivity contribution in [2.75, 3.05) is 13.1 Å². The second-order valence-electron chi connectivity index (χ2n) is 6.83. The summed E-state index contributed by atoms with van der Waals surface area (Å²) in [7, 11) is 0. The highest BCUT2D eigenvalue weighted by Gasteiger charge is 2.18. The first-order valence-electron chi connectivity index (χ1n) is 9.22. The largest absolute Gasteiger partial charge is 0.419 e. The fraction of sp³-hybridized carbons (Fsp3) is 0.182. The first-order valence-corrected chi connectivity index (χ1v) is 9.22. The normalized spacial score (nSPS) is 15.2. The van der Waals surface area contributed by atoms with Crippen molar-refractivity contribution in [3.63, 3.8) is 0 Å². The highest BCUT2D eigenvalue weighted by molar-refractivity contribution is 5.92. The van der Waals surface area contributed by atoms with Crippen molar-refractivity contribution in [3.8, 4) is 11.5 Å². The SMILES string of the molecule is C1=C(c2c[nH]c3ccccc23)CCN(Cc2nnc(-c3ccccc3)o2)C1. The molecule has 0 unspecified atom stereocenters. The fourth-order valence-corrected chi connectivity index (χ4v) is 3.64. The lowest BCUT2D eigenvalue weighted by Gasteiger charge is -2.24. The van der Waals surface area contributed by atoms with Crippen molar-refractivity contribution in [2.24, 2.45) is 0 Å². The quantitative estimate of drug-likeness (QED) is 0.585. The maximum atomic E-state index is 5.84. The molecule has 4 aromatic rings. The second-order valence-corrected chi connectivity index (χ2v) is 6.83. The summed E-state index contributed by atoms with van der Waals surface area (Å²) in [4.78, 5) is 5.70. The summed E-state index contributed by atoms with van der Waals surface area (Å²) in [5.74, 6) is 1.25. The highest BCUT2D eigenvalue weighted by atomic mass is 16.4. The lowest BCUT2D eigenvalue weighted by Crippen LogP contribution is -2.28. The number of fused-ring (bicyclic) bond motifs is 1. The van der Waals surface area contributed by atoms with Gasteiger partial charge < -0.3 is 9.40 Å². The summed E-state index contributed by atoms with van der Waals surface area (Å²) in [6, 6.07) is 18.3. The standard InChI is InChI=1S/C22H20N4O/c1-2-6-17(7-3-1)22-25-24-21(27-22)15-26-12-10-16(11-13-26)19-14-23-20-9-5-4-8-18(19)20/h1-10,14,23H,11-13,15H2. The van der Waals surface area contributed by atoms with Gasteiger partial charge in [-0.05, 0) is 30.2 Å². The molecule has 0 bridgehead atoms. The van der Waals surface area contributed by atoms with E-state index in [1.807, 2.05) is 30.3 Å². The summed E-state index contributed by atoms with van der Waals surface area (Å²) in [6.45, 7) is 2.55. The average molecular weight is 356 g/mol. The number of aromatic nitrogens is 3. The minimum absolute atomic E-state index is 0.581. The van der Waals surface area contributed by atoms with Crippen LogP contribution in [0.1, 0.15) is 17.9 Å². The van der Waals surface area contributed by atoms with E-state index >= 15 is 0 Å². The third-order valence-electron chi connectivity index (χ3n) is 5.07. The van der Waals surface area contributed by atoms with Crippen LogP contribution in [0, 0.1) is 0 Å². The third-order valence-corrected chi connectivity index (χ3v) is 5.07. The van der Waals surface area contributed by atoms with Crippen LogP contribution < -0.4 is 0 Å². The van der Waals surface area contributed by atoms with Gasteiger partial charge in [0.25, 0.3) is 0 Å². The van der Waals surface area contributed by atoms with E-state index in [4.69, 9.17) is 4.42 Å². The number of hydrogen-bond acceptors (Lipinski definition) is 4. The molecule has 0 fully saturated rings. The van der Waals surface area contributed by atoms with Crippen LogP contribution in [-0.4, -0.2) is 33.2 Å². The molecule has 0 aliphatic carbocycles. The highest BCUT2D eigenvalue weighted by Crippen LogP contribution is 2.29. The maximum absolute atomic E-state index is 5.84. The zero-order valence-corrected chi connectivity index (χ0v) is 14.9. The van der Waals surface area contributed by atoms with E-state index in [1.54, 1.807) is 0 Å². The second kappa shape index (κ2) is 6.85. The number of nitrogens with zero attached hydrogens (tertiary/aromatic N) is 3. The first kappa shape index (κ1) is 16.0. The Morgan fingerprint density at radius 1 is 1.00 bits per heavy atom. The van der Waals surface area contributed by atoms with E-state index in [0.29, 0.717) is 18.3 Å². The number of benzene rings is 2. The Morgan fingerprint density at radius 3 is 2.70 bits per heavy atom. The van der Waals surface area contributed by atoms with Crippen LogP contribution in [0.25, 0.3) is 27.9 Å². The van der Waals surface area contributed by atoms with E-state index in [-0.39, 0.29) is 0 Å². The lowest BCUT2D eigenvalue weighted by atomic mass is 9.99. The molecular formula is C22H20N4O. The fourth-order valence-electron chi connectivity index (χ4n) is 3.64. The molecule has 5 heteroatoms. The van der Waals surface area contributed by atoms with Crippen molar-refractivity contribution in [1.82, 2.24) is 20.1 Å². The topological polar surface area (TPSA) is 58.0 Å². The molecule has 5 nitrogen and oxygen atoms in total. The van der Waals surface area contributed by atoms with E-state index in [0.717, 1.165) is 25.1 Å². The van der Waals surface area contributed by atoms with Crippen LogP contribution in [0.2, 0.25) is 0 Å². The molecule has 2 aromatic heterocycles. The number of rotatable bonds is 4. The predicted octanol–water partition coefficient (Wildman–Crippen LogP) is 4.51. The van der Waals surface area contributed by atoms with Crippen molar-refractivity contribution >= 4 is 16.5 Å². The molecule has 1 N–H and O–H groups in total. The number of aromatic amines is 1.